The van der Waals surface area contributed by atoms with Gasteiger partial charge in [-0.3, -0.25) is 9.59 Å². The molecule has 156 valence electrons. The van der Waals surface area contributed by atoms with E-state index in [1.54, 1.807) is 21.9 Å². The summed E-state index contributed by atoms with van der Waals surface area (Å²) in [5, 5.41) is 0. The van der Waals surface area contributed by atoms with Crippen LogP contribution in [0, 0.1) is 5.92 Å². The summed E-state index contributed by atoms with van der Waals surface area (Å²) in [7, 11) is 4.51. The third kappa shape index (κ3) is 4.67. The van der Waals surface area contributed by atoms with Crippen LogP contribution < -0.4 is 19.9 Å². The highest BCUT2D eigenvalue weighted by atomic mass is 16.5. The molecule has 0 saturated carbocycles. The van der Waals surface area contributed by atoms with E-state index in [4.69, 9.17) is 19.9 Å². The Bertz CT molecular complexity index is 699. The zero-order valence-electron chi connectivity index (χ0n) is 17.4. The van der Waals surface area contributed by atoms with E-state index in [1.807, 2.05) is 13.8 Å². The van der Waals surface area contributed by atoms with Gasteiger partial charge in [-0.05, 0) is 24.5 Å². The molecule has 1 heterocycles. The van der Waals surface area contributed by atoms with Crippen molar-refractivity contribution in [1.82, 2.24) is 9.80 Å². The van der Waals surface area contributed by atoms with Crippen molar-refractivity contribution < 1.29 is 23.8 Å². The molecule has 0 aliphatic carbocycles. The Balaban J connectivity index is 2.09. The zero-order valence-corrected chi connectivity index (χ0v) is 17.4. The van der Waals surface area contributed by atoms with E-state index < -0.39 is 6.04 Å². The monoisotopic (exact) mass is 393 g/mol. The lowest BCUT2D eigenvalue weighted by Gasteiger charge is -2.36. The Morgan fingerprint density at radius 1 is 0.964 bits per heavy atom. The van der Waals surface area contributed by atoms with E-state index >= 15 is 0 Å². The minimum absolute atomic E-state index is 0.0514. The lowest BCUT2D eigenvalue weighted by Crippen LogP contribution is -2.54. The van der Waals surface area contributed by atoms with Crippen molar-refractivity contribution in [3.05, 3.63) is 17.7 Å². The Morgan fingerprint density at radius 3 is 2.04 bits per heavy atom. The summed E-state index contributed by atoms with van der Waals surface area (Å²) in [5.74, 6) is 1.35. The number of hydrogen-bond donors (Lipinski definition) is 1. The molecule has 1 fully saturated rings. The van der Waals surface area contributed by atoms with Gasteiger partial charge in [-0.1, -0.05) is 13.8 Å². The van der Waals surface area contributed by atoms with Gasteiger partial charge in [0, 0.05) is 26.2 Å². The van der Waals surface area contributed by atoms with Crippen LogP contribution in [0.5, 0.6) is 17.2 Å². The van der Waals surface area contributed by atoms with Crippen LogP contribution >= 0.6 is 0 Å². The standard InChI is InChI=1S/C20H31N3O5/c1-13(2)12-15(21)20(25)23-10-8-22(9-11-23)19(24)14-6-7-16(26-3)18(28-5)17(14)27-4/h6-7,13,15H,8-12,21H2,1-5H3/t15-/m0/s1. The van der Waals surface area contributed by atoms with Crippen molar-refractivity contribution in [2.75, 3.05) is 47.5 Å². The number of carbonyl (C=O) groups excluding carboxylic acids is 2. The summed E-state index contributed by atoms with van der Waals surface area (Å²) < 4.78 is 16.0. The molecule has 0 aromatic heterocycles. The van der Waals surface area contributed by atoms with Crippen LogP contribution in [0.3, 0.4) is 0 Å². The predicted octanol–water partition coefficient (Wildman–Crippen LogP) is 1.37. The van der Waals surface area contributed by atoms with Gasteiger partial charge in [-0.2, -0.15) is 0 Å². The number of hydrogen-bond acceptors (Lipinski definition) is 6. The lowest BCUT2D eigenvalue weighted by atomic mass is 10.0. The molecule has 1 aliphatic rings. The summed E-state index contributed by atoms with van der Waals surface area (Å²) in [6.07, 6.45) is 0.654. The first-order valence-corrected chi connectivity index (χ1v) is 9.46. The van der Waals surface area contributed by atoms with Crippen molar-refractivity contribution in [2.24, 2.45) is 11.7 Å². The first kappa shape index (κ1) is 21.8. The van der Waals surface area contributed by atoms with Gasteiger partial charge in [0.2, 0.25) is 11.7 Å². The SMILES string of the molecule is COc1ccc(C(=O)N2CCN(C(=O)[C@@H](N)CC(C)C)CC2)c(OC)c1OC. The normalized spacial score (nSPS) is 15.4. The van der Waals surface area contributed by atoms with Gasteiger partial charge in [0.1, 0.15) is 0 Å². The average Bonchev–Trinajstić information content (AvgIpc) is 2.70. The molecule has 8 nitrogen and oxygen atoms in total. The summed E-state index contributed by atoms with van der Waals surface area (Å²) in [6.45, 7) is 5.89. The number of rotatable bonds is 7. The molecule has 1 aromatic carbocycles. The molecule has 1 aromatic rings. The number of methoxy groups -OCH3 is 3. The van der Waals surface area contributed by atoms with Gasteiger partial charge in [-0.25, -0.2) is 0 Å². The fourth-order valence-electron chi connectivity index (χ4n) is 3.41. The summed E-state index contributed by atoms with van der Waals surface area (Å²) in [4.78, 5) is 29.0. The second-order valence-electron chi connectivity index (χ2n) is 7.24. The predicted molar refractivity (Wildman–Crippen MR) is 106 cm³/mol. The number of nitrogens with two attached hydrogens (primary N) is 1. The maximum Gasteiger partial charge on any atom is 0.257 e. The van der Waals surface area contributed by atoms with Crippen LogP contribution in [0.15, 0.2) is 12.1 Å². The van der Waals surface area contributed by atoms with Crippen LogP contribution in [0.2, 0.25) is 0 Å². The molecule has 8 heteroatoms. The smallest absolute Gasteiger partial charge is 0.257 e. The molecule has 0 spiro atoms. The fourth-order valence-corrected chi connectivity index (χ4v) is 3.41. The molecule has 1 aliphatic heterocycles. The molecule has 28 heavy (non-hydrogen) atoms. The Kier molecular flexibility index (Phi) is 7.51. The maximum absolute atomic E-state index is 13.0. The van der Waals surface area contributed by atoms with Gasteiger partial charge in [-0.15, -0.1) is 0 Å². The fraction of sp³-hybridized carbons (Fsp3) is 0.600. The highest BCUT2D eigenvalue weighted by molar-refractivity contribution is 5.98. The van der Waals surface area contributed by atoms with Gasteiger partial charge in [0.15, 0.2) is 11.5 Å². The van der Waals surface area contributed by atoms with Crippen LogP contribution in [0.1, 0.15) is 30.6 Å². The topological polar surface area (TPSA) is 94.3 Å². The molecule has 0 radical (unpaired) electrons. The Morgan fingerprint density at radius 2 is 1.54 bits per heavy atom. The van der Waals surface area contributed by atoms with Crippen molar-refractivity contribution in [3.8, 4) is 17.2 Å². The van der Waals surface area contributed by atoms with Crippen LogP contribution in [0.25, 0.3) is 0 Å². The van der Waals surface area contributed by atoms with Crippen LogP contribution in [0.4, 0.5) is 0 Å². The Labute approximate surface area is 166 Å². The molecule has 2 N–H and O–H groups in total. The van der Waals surface area contributed by atoms with Gasteiger partial charge < -0.3 is 29.7 Å². The minimum Gasteiger partial charge on any atom is -0.493 e. The van der Waals surface area contributed by atoms with E-state index in [1.165, 1.54) is 21.3 Å². The van der Waals surface area contributed by atoms with E-state index in [2.05, 4.69) is 0 Å². The second kappa shape index (κ2) is 9.64. The van der Waals surface area contributed by atoms with Crippen molar-refractivity contribution >= 4 is 11.8 Å². The van der Waals surface area contributed by atoms with Crippen LogP contribution in [-0.4, -0.2) is 75.2 Å². The minimum atomic E-state index is -0.492. The van der Waals surface area contributed by atoms with Crippen molar-refractivity contribution in [2.45, 2.75) is 26.3 Å². The number of benzene rings is 1. The molecule has 1 atom stereocenters. The van der Waals surface area contributed by atoms with Crippen LogP contribution in [-0.2, 0) is 4.79 Å². The molecule has 1 saturated heterocycles. The highest BCUT2D eigenvalue weighted by Crippen LogP contribution is 2.40. The highest BCUT2D eigenvalue weighted by Gasteiger charge is 2.30. The summed E-state index contributed by atoms with van der Waals surface area (Å²) in [5.41, 5.74) is 6.42. The van der Waals surface area contributed by atoms with Gasteiger partial charge >= 0.3 is 0 Å². The van der Waals surface area contributed by atoms with E-state index in [0.29, 0.717) is 61.3 Å². The third-order valence-electron chi connectivity index (χ3n) is 4.86. The van der Waals surface area contributed by atoms with E-state index in [0.717, 1.165) is 0 Å². The first-order chi connectivity index (χ1) is 13.3. The van der Waals surface area contributed by atoms with Crippen molar-refractivity contribution in [1.29, 1.82) is 0 Å². The average molecular weight is 393 g/mol. The molecule has 0 unspecified atom stereocenters. The van der Waals surface area contributed by atoms with Crippen molar-refractivity contribution in [3.63, 3.8) is 0 Å². The number of piperazine rings is 1. The number of amides is 2. The quantitative estimate of drug-likeness (QED) is 0.752. The third-order valence-corrected chi connectivity index (χ3v) is 4.86. The van der Waals surface area contributed by atoms with Gasteiger partial charge in [0.05, 0.1) is 32.9 Å². The zero-order chi connectivity index (χ0) is 20.8. The number of nitrogens with zero attached hydrogens (tertiary/aromatic N) is 2. The Hall–Kier alpha value is -2.48. The van der Waals surface area contributed by atoms with Gasteiger partial charge in [0.25, 0.3) is 5.91 Å². The largest absolute Gasteiger partial charge is 0.493 e. The molecular formula is C20H31N3O5. The maximum atomic E-state index is 13.0. The molecular weight excluding hydrogens is 362 g/mol. The van der Waals surface area contributed by atoms with E-state index in [-0.39, 0.29) is 11.8 Å². The molecule has 2 amide bonds. The first-order valence-electron chi connectivity index (χ1n) is 9.46. The number of carbonyl (C=O) groups is 2. The van der Waals surface area contributed by atoms with E-state index in [9.17, 15) is 9.59 Å². The molecule has 0 bridgehead atoms. The second-order valence-corrected chi connectivity index (χ2v) is 7.24. The molecule has 2 rings (SSSR count). The summed E-state index contributed by atoms with van der Waals surface area (Å²) >= 11 is 0. The lowest BCUT2D eigenvalue weighted by molar-refractivity contribution is -0.134. The summed E-state index contributed by atoms with van der Waals surface area (Å²) in [6, 6.07) is 2.85. The number of ether oxygens (including phenoxy) is 3.